The predicted molar refractivity (Wildman–Crippen MR) is 71.3 cm³/mol. The van der Waals surface area contributed by atoms with Gasteiger partial charge in [-0.2, -0.15) is 8.78 Å². The fraction of sp³-hybridized carbons (Fsp3) is 0.0833. The van der Waals surface area contributed by atoms with Crippen molar-refractivity contribution in [1.82, 2.24) is 4.98 Å². The second-order valence-electron chi connectivity index (χ2n) is 3.53. The molecule has 0 aliphatic rings. The van der Waals surface area contributed by atoms with Gasteiger partial charge in [-0.15, -0.1) is 0 Å². The van der Waals surface area contributed by atoms with E-state index in [0.717, 1.165) is 0 Å². The highest BCUT2D eigenvalue weighted by Gasteiger charge is 2.16. The molecule has 0 aliphatic carbocycles. The molecule has 19 heavy (non-hydrogen) atoms. The van der Waals surface area contributed by atoms with Gasteiger partial charge in [-0.3, -0.25) is 4.98 Å². The summed E-state index contributed by atoms with van der Waals surface area (Å²) in [7, 11) is 0. The van der Waals surface area contributed by atoms with E-state index in [2.05, 4.69) is 9.72 Å². The lowest BCUT2D eigenvalue weighted by molar-refractivity contribution is -0.0494. The molecule has 1 aromatic heterocycles. The monoisotopic (exact) mass is 323 g/mol. The molecule has 0 N–H and O–H groups in total. The summed E-state index contributed by atoms with van der Waals surface area (Å²) in [6.45, 7) is -2.99. The fourth-order valence-electron chi connectivity index (χ4n) is 1.55. The van der Waals surface area contributed by atoms with Crippen molar-refractivity contribution in [3.05, 3.63) is 45.7 Å². The van der Waals surface area contributed by atoms with Crippen LogP contribution in [0, 0.1) is 0 Å². The van der Waals surface area contributed by atoms with Gasteiger partial charge in [0.05, 0.1) is 0 Å². The number of alkyl halides is 2. The van der Waals surface area contributed by atoms with Crippen LogP contribution >= 0.6 is 34.8 Å². The maximum atomic E-state index is 12.4. The first kappa shape index (κ1) is 14.3. The second kappa shape index (κ2) is 5.90. The van der Waals surface area contributed by atoms with E-state index in [0.29, 0.717) is 15.6 Å². The third-order valence-corrected chi connectivity index (χ3v) is 2.94. The van der Waals surface area contributed by atoms with Crippen LogP contribution in [0.2, 0.25) is 15.1 Å². The lowest BCUT2D eigenvalue weighted by Crippen LogP contribution is -2.04. The molecule has 2 nitrogen and oxygen atoms in total. The number of rotatable bonds is 3. The standard InChI is InChI=1S/C12H6Cl3F2NO/c13-7-1-6(2-8(14)3-7)9-4-18-5-10(15)11(9)19-12(16)17/h1-5,12H. The summed E-state index contributed by atoms with van der Waals surface area (Å²) in [6, 6.07) is 4.64. The zero-order chi connectivity index (χ0) is 14.0. The zero-order valence-corrected chi connectivity index (χ0v) is 11.5. The van der Waals surface area contributed by atoms with E-state index in [1.165, 1.54) is 18.5 Å². The molecule has 7 heteroatoms. The minimum absolute atomic E-state index is 0.0195. The number of aromatic nitrogens is 1. The molecular weight excluding hydrogens is 318 g/mol. The predicted octanol–water partition coefficient (Wildman–Crippen LogP) is 5.31. The van der Waals surface area contributed by atoms with E-state index in [1.54, 1.807) is 12.1 Å². The van der Waals surface area contributed by atoms with Gasteiger partial charge in [0.2, 0.25) is 0 Å². The minimum atomic E-state index is -2.99. The molecule has 0 unspecified atom stereocenters. The van der Waals surface area contributed by atoms with Crippen LogP contribution in [-0.4, -0.2) is 11.6 Å². The molecule has 2 aromatic rings. The number of hydrogen-bond donors (Lipinski definition) is 0. The first-order chi connectivity index (χ1) is 8.97. The molecule has 1 heterocycles. The number of halogens is 5. The fourth-order valence-corrected chi connectivity index (χ4v) is 2.28. The van der Waals surface area contributed by atoms with Crippen molar-refractivity contribution in [1.29, 1.82) is 0 Å². The minimum Gasteiger partial charge on any atom is -0.432 e. The lowest BCUT2D eigenvalue weighted by atomic mass is 10.1. The maximum absolute atomic E-state index is 12.4. The number of nitrogens with zero attached hydrogens (tertiary/aromatic N) is 1. The first-order valence-electron chi connectivity index (χ1n) is 5.02. The van der Waals surface area contributed by atoms with E-state index in [1.807, 2.05) is 0 Å². The van der Waals surface area contributed by atoms with Gasteiger partial charge in [0.15, 0.2) is 5.75 Å². The molecule has 1 aromatic carbocycles. The molecule has 0 saturated heterocycles. The van der Waals surface area contributed by atoms with Crippen LogP contribution < -0.4 is 4.74 Å². The molecule has 0 bridgehead atoms. The van der Waals surface area contributed by atoms with Crippen LogP contribution in [0.1, 0.15) is 0 Å². The normalized spacial score (nSPS) is 10.8. The Kier molecular flexibility index (Phi) is 4.45. The Balaban J connectivity index is 2.57. The summed E-state index contributed by atoms with van der Waals surface area (Å²) in [5.74, 6) is -0.162. The molecule has 0 amide bonds. The molecule has 100 valence electrons. The third-order valence-electron chi connectivity index (χ3n) is 2.23. The lowest BCUT2D eigenvalue weighted by Gasteiger charge is -2.12. The Hall–Kier alpha value is -1.10. The highest BCUT2D eigenvalue weighted by Crippen LogP contribution is 2.38. The Morgan fingerprint density at radius 3 is 2.21 bits per heavy atom. The number of pyridine rings is 1. The Morgan fingerprint density at radius 2 is 1.63 bits per heavy atom. The van der Waals surface area contributed by atoms with E-state index in [4.69, 9.17) is 34.8 Å². The van der Waals surface area contributed by atoms with Crippen molar-refractivity contribution in [2.24, 2.45) is 0 Å². The van der Waals surface area contributed by atoms with Gasteiger partial charge in [-0.1, -0.05) is 34.8 Å². The molecular formula is C12H6Cl3F2NO. The van der Waals surface area contributed by atoms with Crippen LogP contribution in [0.3, 0.4) is 0 Å². The van der Waals surface area contributed by atoms with Gasteiger partial charge >= 0.3 is 6.61 Å². The van der Waals surface area contributed by atoms with Crippen molar-refractivity contribution < 1.29 is 13.5 Å². The summed E-state index contributed by atoms with van der Waals surface area (Å²) in [5.41, 5.74) is 0.778. The van der Waals surface area contributed by atoms with Crippen LogP contribution in [-0.2, 0) is 0 Å². The average molecular weight is 325 g/mol. The van der Waals surface area contributed by atoms with Gasteiger partial charge in [-0.05, 0) is 23.8 Å². The molecule has 0 aliphatic heterocycles. The summed E-state index contributed by atoms with van der Waals surface area (Å²) in [6.07, 6.45) is 2.57. The molecule has 0 spiro atoms. The summed E-state index contributed by atoms with van der Waals surface area (Å²) < 4.78 is 29.2. The van der Waals surface area contributed by atoms with Gasteiger partial charge in [-0.25, -0.2) is 0 Å². The van der Waals surface area contributed by atoms with Gasteiger partial charge in [0.1, 0.15) is 5.02 Å². The maximum Gasteiger partial charge on any atom is 0.387 e. The summed E-state index contributed by atoms with van der Waals surface area (Å²) >= 11 is 17.6. The molecule has 0 saturated carbocycles. The van der Waals surface area contributed by atoms with E-state index in [-0.39, 0.29) is 16.3 Å². The number of benzene rings is 1. The smallest absolute Gasteiger partial charge is 0.387 e. The largest absolute Gasteiger partial charge is 0.432 e. The topological polar surface area (TPSA) is 22.1 Å². The van der Waals surface area contributed by atoms with Crippen LogP contribution in [0.25, 0.3) is 11.1 Å². The van der Waals surface area contributed by atoms with E-state index in [9.17, 15) is 8.78 Å². The SMILES string of the molecule is FC(F)Oc1c(Cl)cncc1-c1cc(Cl)cc(Cl)c1. The van der Waals surface area contributed by atoms with Crippen LogP contribution in [0.4, 0.5) is 8.78 Å². The van der Waals surface area contributed by atoms with Crippen molar-refractivity contribution in [2.75, 3.05) is 0 Å². The van der Waals surface area contributed by atoms with Gasteiger partial charge in [0, 0.05) is 28.0 Å². The summed E-state index contributed by atoms with van der Waals surface area (Å²) in [4.78, 5) is 3.84. The Bertz CT molecular complexity index is 587. The third kappa shape index (κ3) is 3.47. The second-order valence-corrected chi connectivity index (χ2v) is 4.81. The Morgan fingerprint density at radius 1 is 1.00 bits per heavy atom. The van der Waals surface area contributed by atoms with Crippen molar-refractivity contribution in [3.8, 4) is 16.9 Å². The van der Waals surface area contributed by atoms with Crippen molar-refractivity contribution in [3.63, 3.8) is 0 Å². The average Bonchev–Trinajstić information content (AvgIpc) is 2.30. The summed E-state index contributed by atoms with van der Waals surface area (Å²) in [5, 5.41) is 0.713. The highest BCUT2D eigenvalue weighted by molar-refractivity contribution is 6.35. The van der Waals surface area contributed by atoms with Crippen LogP contribution in [0.15, 0.2) is 30.6 Å². The zero-order valence-electron chi connectivity index (χ0n) is 9.21. The van der Waals surface area contributed by atoms with Crippen molar-refractivity contribution >= 4 is 34.8 Å². The molecule has 0 radical (unpaired) electrons. The van der Waals surface area contributed by atoms with E-state index >= 15 is 0 Å². The molecule has 0 atom stereocenters. The van der Waals surface area contributed by atoms with Crippen LogP contribution in [0.5, 0.6) is 5.75 Å². The number of ether oxygens (including phenoxy) is 1. The van der Waals surface area contributed by atoms with Gasteiger partial charge < -0.3 is 4.74 Å². The Labute approximate surface area is 122 Å². The molecule has 0 fully saturated rings. The van der Waals surface area contributed by atoms with E-state index < -0.39 is 6.61 Å². The first-order valence-corrected chi connectivity index (χ1v) is 6.15. The quantitative estimate of drug-likeness (QED) is 0.763. The highest BCUT2D eigenvalue weighted by atomic mass is 35.5. The van der Waals surface area contributed by atoms with Crippen molar-refractivity contribution in [2.45, 2.75) is 6.61 Å². The number of hydrogen-bond acceptors (Lipinski definition) is 2. The van der Waals surface area contributed by atoms with Gasteiger partial charge in [0.25, 0.3) is 0 Å². The molecule has 2 rings (SSSR count).